The first-order chi connectivity index (χ1) is 14.9. The number of aromatic nitrogens is 7. The molecule has 0 unspecified atom stereocenters. The third kappa shape index (κ3) is 3.93. The van der Waals surface area contributed by atoms with E-state index in [2.05, 4.69) is 25.6 Å². The van der Waals surface area contributed by atoms with Gasteiger partial charge in [-0.25, -0.2) is 9.50 Å². The van der Waals surface area contributed by atoms with Crippen molar-refractivity contribution < 1.29 is 4.79 Å². The van der Waals surface area contributed by atoms with Crippen LogP contribution in [0.5, 0.6) is 0 Å². The zero-order chi connectivity index (χ0) is 22.1. The Hall–Kier alpha value is -3.20. The van der Waals surface area contributed by atoms with Crippen LogP contribution >= 0.6 is 11.6 Å². The summed E-state index contributed by atoms with van der Waals surface area (Å²) < 4.78 is 5.44. The van der Waals surface area contributed by atoms with Gasteiger partial charge in [-0.3, -0.25) is 14.2 Å². The Labute approximate surface area is 185 Å². The van der Waals surface area contributed by atoms with Crippen LogP contribution in [-0.4, -0.2) is 46.6 Å². The molecule has 0 fully saturated rings. The number of halogens is 1. The number of amides is 1. The fourth-order valence-electron chi connectivity index (χ4n) is 3.61. The second-order valence-electron chi connectivity index (χ2n) is 7.43. The van der Waals surface area contributed by atoms with Crippen molar-refractivity contribution in [3.05, 3.63) is 52.3 Å². The SMILES string of the molecule is CCn1cc(-c2ccnc3c(C(=O)NCCCn4nc(C)c(Cl)c4C)cnn23)c(C)n1. The number of fused-ring (bicyclic) bond motifs is 1. The number of nitrogens with one attached hydrogen (secondary N) is 1. The van der Waals surface area contributed by atoms with Crippen molar-refractivity contribution in [1.82, 2.24) is 39.5 Å². The van der Waals surface area contributed by atoms with Gasteiger partial charge in [-0.2, -0.15) is 15.3 Å². The minimum Gasteiger partial charge on any atom is -0.352 e. The summed E-state index contributed by atoms with van der Waals surface area (Å²) in [4.78, 5) is 17.1. The molecule has 4 rings (SSSR count). The molecule has 0 aromatic carbocycles. The molecule has 1 N–H and O–H groups in total. The fraction of sp³-hybridized carbons (Fsp3) is 0.381. The van der Waals surface area contributed by atoms with Gasteiger partial charge in [0.1, 0.15) is 5.56 Å². The van der Waals surface area contributed by atoms with Crippen LogP contribution in [0.2, 0.25) is 5.02 Å². The summed E-state index contributed by atoms with van der Waals surface area (Å²) in [6.45, 7) is 9.79. The lowest BCUT2D eigenvalue weighted by Crippen LogP contribution is -2.25. The maximum Gasteiger partial charge on any atom is 0.256 e. The lowest BCUT2D eigenvalue weighted by atomic mass is 10.2. The number of nitrogens with zero attached hydrogens (tertiary/aromatic N) is 7. The minimum absolute atomic E-state index is 0.202. The maximum absolute atomic E-state index is 12.8. The normalized spacial score (nSPS) is 11.4. The smallest absolute Gasteiger partial charge is 0.256 e. The van der Waals surface area contributed by atoms with Crippen molar-refractivity contribution in [1.29, 1.82) is 0 Å². The zero-order valence-corrected chi connectivity index (χ0v) is 18.8. The lowest BCUT2D eigenvalue weighted by molar-refractivity contribution is 0.0954. The third-order valence-corrected chi connectivity index (χ3v) is 5.86. The van der Waals surface area contributed by atoms with E-state index < -0.39 is 0 Å². The molecule has 0 saturated heterocycles. The van der Waals surface area contributed by atoms with Crippen LogP contribution < -0.4 is 5.32 Å². The largest absolute Gasteiger partial charge is 0.352 e. The van der Waals surface area contributed by atoms with Crippen molar-refractivity contribution >= 4 is 23.2 Å². The first-order valence-corrected chi connectivity index (χ1v) is 10.6. The monoisotopic (exact) mass is 440 g/mol. The highest BCUT2D eigenvalue weighted by Gasteiger charge is 2.18. The van der Waals surface area contributed by atoms with Gasteiger partial charge in [0, 0.05) is 37.6 Å². The molecule has 0 aliphatic carbocycles. The van der Waals surface area contributed by atoms with E-state index in [4.69, 9.17) is 11.6 Å². The molecule has 4 aromatic heterocycles. The highest BCUT2D eigenvalue weighted by atomic mass is 35.5. The molecule has 0 aliphatic rings. The summed E-state index contributed by atoms with van der Waals surface area (Å²) in [5.41, 5.74) is 5.43. The van der Waals surface area contributed by atoms with Crippen LogP contribution in [0.15, 0.2) is 24.7 Å². The van der Waals surface area contributed by atoms with Crippen LogP contribution in [0.25, 0.3) is 16.9 Å². The van der Waals surface area contributed by atoms with Gasteiger partial charge in [0.2, 0.25) is 0 Å². The van der Waals surface area contributed by atoms with Gasteiger partial charge >= 0.3 is 0 Å². The number of hydrogen-bond acceptors (Lipinski definition) is 5. The second kappa shape index (κ2) is 8.50. The van der Waals surface area contributed by atoms with E-state index >= 15 is 0 Å². The van der Waals surface area contributed by atoms with Crippen molar-refractivity contribution in [2.75, 3.05) is 6.54 Å². The molecular formula is C21H25ClN8O. The Morgan fingerprint density at radius 2 is 2.00 bits per heavy atom. The third-order valence-electron chi connectivity index (χ3n) is 5.32. The molecule has 0 aliphatic heterocycles. The highest BCUT2D eigenvalue weighted by Crippen LogP contribution is 2.24. The minimum atomic E-state index is -0.202. The van der Waals surface area contributed by atoms with Gasteiger partial charge in [0.05, 0.1) is 34.0 Å². The number of hydrogen-bond donors (Lipinski definition) is 1. The number of carbonyl (C=O) groups is 1. The predicted octanol–water partition coefficient (Wildman–Crippen LogP) is 3.21. The molecular weight excluding hydrogens is 416 g/mol. The zero-order valence-electron chi connectivity index (χ0n) is 18.1. The topological polar surface area (TPSA) is 94.9 Å². The van der Waals surface area contributed by atoms with Crippen molar-refractivity contribution in [3.8, 4) is 11.3 Å². The average Bonchev–Trinajstić information content (AvgIpc) is 3.43. The predicted molar refractivity (Wildman–Crippen MR) is 118 cm³/mol. The Bertz CT molecular complexity index is 1250. The summed E-state index contributed by atoms with van der Waals surface area (Å²) in [5, 5.41) is 17.0. The summed E-state index contributed by atoms with van der Waals surface area (Å²) in [7, 11) is 0. The van der Waals surface area contributed by atoms with Gasteiger partial charge in [-0.15, -0.1) is 0 Å². The molecule has 0 saturated carbocycles. The van der Waals surface area contributed by atoms with Gasteiger partial charge in [-0.05, 0) is 40.2 Å². The second-order valence-corrected chi connectivity index (χ2v) is 7.80. The fourth-order valence-corrected chi connectivity index (χ4v) is 3.74. The number of carbonyl (C=O) groups excluding carboxylic acids is 1. The molecule has 0 spiro atoms. The summed E-state index contributed by atoms with van der Waals surface area (Å²) in [6.07, 6.45) is 5.97. The standard InChI is InChI=1S/C21H25ClN8O/c1-5-28-12-17(13(2)26-28)18-7-9-23-20-16(11-25-30(18)20)21(31)24-8-6-10-29-15(4)19(22)14(3)27-29/h7,9,11-12H,5-6,8,10H2,1-4H3,(H,24,31). The Kier molecular flexibility index (Phi) is 5.77. The van der Waals surface area contributed by atoms with E-state index in [1.54, 1.807) is 16.9 Å². The van der Waals surface area contributed by atoms with Crippen LogP contribution in [0.3, 0.4) is 0 Å². The van der Waals surface area contributed by atoms with Crippen molar-refractivity contribution in [2.24, 2.45) is 0 Å². The maximum atomic E-state index is 12.8. The lowest BCUT2D eigenvalue weighted by Gasteiger charge is -2.07. The molecule has 9 nitrogen and oxygen atoms in total. The van der Waals surface area contributed by atoms with Gasteiger partial charge in [-0.1, -0.05) is 11.6 Å². The molecule has 162 valence electrons. The van der Waals surface area contributed by atoms with Crippen LogP contribution in [0.4, 0.5) is 0 Å². The van der Waals surface area contributed by atoms with Crippen molar-refractivity contribution in [2.45, 2.75) is 47.2 Å². The van der Waals surface area contributed by atoms with E-state index in [1.165, 1.54) is 0 Å². The molecule has 0 radical (unpaired) electrons. The first kappa shape index (κ1) is 21.0. The molecule has 1 amide bonds. The van der Waals surface area contributed by atoms with E-state index in [1.807, 2.05) is 49.3 Å². The average molecular weight is 441 g/mol. The van der Waals surface area contributed by atoms with Gasteiger partial charge in [0.25, 0.3) is 5.91 Å². The summed E-state index contributed by atoms with van der Waals surface area (Å²) >= 11 is 6.19. The molecule has 0 bridgehead atoms. The Morgan fingerprint density at radius 1 is 1.19 bits per heavy atom. The van der Waals surface area contributed by atoms with Gasteiger partial charge in [0.15, 0.2) is 5.65 Å². The number of rotatable bonds is 7. The van der Waals surface area contributed by atoms with Crippen molar-refractivity contribution in [3.63, 3.8) is 0 Å². The van der Waals surface area contributed by atoms with E-state index in [-0.39, 0.29) is 5.91 Å². The summed E-state index contributed by atoms with van der Waals surface area (Å²) in [6, 6.07) is 1.88. The molecule has 4 heterocycles. The van der Waals surface area contributed by atoms with E-state index in [9.17, 15) is 4.79 Å². The number of aryl methyl sites for hydroxylation is 4. The van der Waals surface area contributed by atoms with E-state index in [0.29, 0.717) is 29.3 Å². The first-order valence-electron chi connectivity index (χ1n) is 10.3. The van der Waals surface area contributed by atoms with Gasteiger partial charge < -0.3 is 5.32 Å². The molecule has 0 atom stereocenters. The molecule has 4 aromatic rings. The highest BCUT2D eigenvalue weighted by molar-refractivity contribution is 6.31. The Balaban J connectivity index is 1.47. The Morgan fingerprint density at radius 3 is 2.68 bits per heavy atom. The van der Waals surface area contributed by atoms with Crippen LogP contribution in [0, 0.1) is 20.8 Å². The van der Waals surface area contributed by atoms with Crippen LogP contribution in [-0.2, 0) is 13.1 Å². The molecule has 31 heavy (non-hydrogen) atoms. The summed E-state index contributed by atoms with van der Waals surface area (Å²) in [5.74, 6) is -0.202. The van der Waals surface area contributed by atoms with E-state index in [0.717, 1.165) is 41.3 Å². The van der Waals surface area contributed by atoms with Crippen LogP contribution in [0.1, 0.15) is 40.8 Å². The molecule has 10 heteroatoms. The quantitative estimate of drug-likeness (QED) is 0.445.